The summed E-state index contributed by atoms with van der Waals surface area (Å²) < 4.78 is 5.38. The van der Waals surface area contributed by atoms with Gasteiger partial charge in [0.1, 0.15) is 5.75 Å². The third-order valence-electron chi connectivity index (χ3n) is 3.35. The van der Waals surface area contributed by atoms with Gasteiger partial charge in [-0.05, 0) is 35.0 Å². The van der Waals surface area contributed by atoms with E-state index in [9.17, 15) is 9.59 Å². The van der Waals surface area contributed by atoms with Gasteiger partial charge in [-0.25, -0.2) is 4.79 Å². The fraction of sp³-hybridized carbons (Fsp3) is 0.0526. The second-order valence-corrected chi connectivity index (χ2v) is 5.16. The van der Waals surface area contributed by atoms with Crippen molar-refractivity contribution in [2.75, 3.05) is 5.32 Å². The molecule has 4 nitrogen and oxygen atoms in total. The van der Waals surface area contributed by atoms with Gasteiger partial charge in [-0.2, -0.15) is 0 Å². The van der Waals surface area contributed by atoms with Crippen molar-refractivity contribution in [1.29, 1.82) is 0 Å². The summed E-state index contributed by atoms with van der Waals surface area (Å²) in [5.41, 5.74) is 1.06. The molecular formula is C19H15NO3. The molecule has 0 saturated heterocycles. The van der Waals surface area contributed by atoms with Crippen LogP contribution in [0.15, 0.2) is 66.7 Å². The molecule has 23 heavy (non-hydrogen) atoms. The highest BCUT2D eigenvalue weighted by Gasteiger charge is 2.10. The van der Waals surface area contributed by atoms with Gasteiger partial charge in [0.2, 0.25) is 5.91 Å². The van der Waals surface area contributed by atoms with Crippen LogP contribution in [0.5, 0.6) is 5.75 Å². The summed E-state index contributed by atoms with van der Waals surface area (Å²) in [6.45, 7) is 1.42. The smallest absolute Gasteiger partial charge is 0.343 e. The summed E-state index contributed by atoms with van der Waals surface area (Å²) in [4.78, 5) is 23.4. The molecule has 1 N–H and O–H groups in total. The van der Waals surface area contributed by atoms with Crippen molar-refractivity contribution in [3.05, 3.63) is 72.3 Å². The zero-order chi connectivity index (χ0) is 16.2. The third-order valence-corrected chi connectivity index (χ3v) is 3.35. The Bertz CT molecular complexity index is 886. The summed E-state index contributed by atoms with van der Waals surface area (Å²) in [5, 5.41) is 4.70. The van der Waals surface area contributed by atoms with E-state index in [4.69, 9.17) is 4.74 Å². The van der Waals surface area contributed by atoms with E-state index in [0.717, 1.165) is 10.8 Å². The van der Waals surface area contributed by atoms with Crippen molar-refractivity contribution >= 4 is 28.3 Å². The number of carbonyl (C=O) groups excluding carboxylic acids is 2. The quantitative estimate of drug-likeness (QED) is 0.587. The van der Waals surface area contributed by atoms with E-state index in [2.05, 4.69) is 5.32 Å². The zero-order valence-electron chi connectivity index (χ0n) is 12.6. The lowest BCUT2D eigenvalue weighted by Gasteiger charge is -2.07. The molecule has 3 aromatic rings. The highest BCUT2D eigenvalue weighted by molar-refractivity contribution is 5.96. The van der Waals surface area contributed by atoms with Gasteiger partial charge in [-0.15, -0.1) is 0 Å². The minimum absolute atomic E-state index is 0.178. The van der Waals surface area contributed by atoms with Crippen LogP contribution in [-0.4, -0.2) is 11.9 Å². The monoisotopic (exact) mass is 305 g/mol. The predicted molar refractivity (Wildman–Crippen MR) is 89.7 cm³/mol. The van der Waals surface area contributed by atoms with Crippen molar-refractivity contribution < 1.29 is 14.3 Å². The Hall–Kier alpha value is -3.14. The lowest BCUT2D eigenvalue weighted by atomic mass is 10.1. The highest BCUT2D eigenvalue weighted by atomic mass is 16.5. The van der Waals surface area contributed by atoms with Crippen molar-refractivity contribution in [3.63, 3.8) is 0 Å². The van der Waals surface area contributed by atoms with Crippen molar-refractivity contribution in [1.82, 2.24) is 0 Å². The second kappa shape index (κ2) is 6.32. The van der Waals surface area contributed by atoms with E-state index in [1.807, 2.05) is 30.3 Å². The van der Waals surface area contributed by atoms with Crippen molar-refractivity contribution in [3.8, 4) is 5.75 Å². The van der Waals surface area contributed by atoms with E-state index in [1.165, 1.54) is 6.92 Å². The minimum Gasteiger partial charge on any atom is -0.423 e. The van der Waals surface area contributed by atoms with Gasteiger partial charge in [0.25, 0.3) is 0 Å². The van der Waals surface area contributed by atoms with Gasteiger partial charge < -0.3 is 10.1 Å². The maximum absolute atomic E-state index is 12.3. The molecule has 0 aliphatic carbocycles. The van der Waals surface area contributed by atoms with Crippen LogP contribution in [0.25, 0.3) is 10.8 Å². The van der Waals surface area contributed by atoms with Crippen LogP contribution in [-0.2, 0) is 4.79 Å². The summed E-state index contributed by atoms with van der Waals surface area (Å²) >= 11 is 0. The molecule has 0 aliphatic heterocycles. The normalized spacial score (nSPS) is 10.3. The van der Waals surface area contributed by atoms with E-state index in [-0.39, 0.29) is 5.91 Å². The summed E-state index contributed by atoms with van der Waals surface area (Å²) in [7, 11) is 0. The minimum atomic E-state index is -0.435. The molecule has 0 bridgehead atoms. The van der Waals surface area contributed by atoms with Crippen LogP contribution in [0, 0.1) is 0 Å². The number of rotatable bonds is 3. The van der Waals surface area contributed by atoms with Gasteiger partial charge in [0.05, 0.1) is 5.56 Å². The number of esters is 1. The summed E-state index contributed by atoms with van der Waals surface area (Å²) in [6.07, 6.45) is 0. The maximum Gasteiger partial charge on any atom is 0.343 e. The summed E-state index contributed by atoms with van der Waals surface area (Å²) in [6, 6.07) is 20.0. The molecule has 0 aliphatic rings. The van der Waals surface area contributed by atoms with Crippen LogP contribution < -0.4 is 10.1 Å². The fourth-order valence-electron chi connectivity index (χ4n) is 2.32. The molecule has 1 amide bonds. The van der Waals surface area contributed by atoms with E-state index < -0.39 is 5.97 Å². The number of fused-ring (bicyclic) bond motifs is 1. The molecule has 0 atom stereocenters. The lowest BCUT2D eigenvalue weighted by Crippen LogP contribution is -2.09. The highest BCUT2D eigenvalue weighted by Crippen LogP contribution is 2.20. The van der Waals surface area contributed by atoms with Crippen molar-refractivity contribution in [2.45, 2.75) is 6.92 Å². The fourth-order valence-corrected chi connectivity index (χ4v) is 2.32. The average molecular weight is 305 g/mol. The maximum atomic E-state index is 12.3. The Morgan fingerprint density at radius 1 is 0.870 bits per heavy atom. The first-order chi connectivity index (χ1) is 11.1. The van der Waals surface area contributed by atoms with Crippen LogP contribution in [0.3, 0.4) is 0 Å². The molecule has 3 rings (SSSR count). The second-order valence-electron chi connectivity index (χ2n) is 5.16. The van der Waals surface area contributed by atoms with Crippen LogP contribution in [0.1, 0.15) is 17.3 Å². The molecular weight excluding hydrogens is 290 g/mol. The van der Waals surface area contributed by atoms with Gasteiger partial charge in [0.15, 0.2) is 0 Å². The molecule has 0 unspecified atom stereocenters. The summed E-state index contributed by atoms with van der Waals surface area (Å²) in [5.74, 6) is -0.229. The lowest BCUT2D eigenvalue weighted by molar-refractivity contribution is -0.114. The average Bonchev–Trinajstić information content (AvgIpc) is 2.54. The van der Waals surface area contributed by atoms with Gasteiger partial charge in [0, 0.05) is 18.7 Å². The molecule has 0 heterocycles. The van der Waals surface area contributed by atoms with E-state index >= 15 is 0 Å². The molecule has 0 fully saturated rings. The standard InChI is InChI=1S/C19H15NO3/c1-13(21)20-17-7-4-8-18(12-17)23-19(22)16-10-9-14-5-2-3-6-15(14)11-16/h2-12H,1H3,(H,20,21). The van der Waals surface area contributed by atoms with Crippen LogP contribution in [0.2, 0.25) is 0 Å². The van der Waals surface area contributed by atoms with Crippen LogP contribution in [0.4, 0.5) is 5.69 Å². The number of nitrogens with one attached hydrogen (secondary N) is 1. The van der Waals surface area contributed by atoms with Crippen molar-refractivity contribution in [2.24, 2.45) is 0 Å². The first-order valence-corrected chi connectivity index (χ1v) is 7.20. The number of hydrogen-bond acceptors (Lipinski definition) is 3. The predicted octanol–water partition coefficient (Wildman–Crippen LogP) is 4.02. The van der Waals surface area contributed by atoms with Crippen LogP contribution >= 0.6 is 0 Å². The molecule has 114 valence electrons. The number of amides is 1. The Kier molecular flexibility index (Phi) is 4.06. The largest absolute Gasteiger partial charge is 0.423 e. The molecule has 0 saturated carbocycles. The SMILES string of the molecule is CC(=O)Nc1cccc(OC(=O)c2ccc3ccccc3c2)c1. The zero-order valence-corrected chi connectivity index (χ0v) is 12.6. The van der Waals surface area contributed by atoms with Gasteiger partial charge in [-0.1, -0.05) is 36.4 Å². The van der Waals surface area contributed by atoms with E-state index in [0.29, 0.717) is 17.0 Å². The molecule has 0 spiro atoms. The molecule has 3 aromatic carbocycles. The van der Waals surface area contributed by atoms with E-state index in [1.54, 1.807) is 36.4 Å². The Morgan fingerprint density at radius 2 is 1.65 bits per heavy atom. The molecule has 4 heteroatoms. The number of carbonyl (C=O) groups is 2. The number of ether oxygens (including phenoxy) is 1. The first-order valence-electron chi connectivity index (χ1n) is 7.20. The van der Waals surface area contributed by atoms with Gasteiger partial charge in [-0.3, -0.25) is 4.79 Å². The Balaban J connectivity index is 1.81. The topological polar surface area (TPSA) is 55.4 Å². The third kappa shape index (κ3) is 3.55. The Labute approximate surface area is 133 Å². The first kappa shape index (κ1) is 14.8. The number of anilines is 1. The van der Waals surface area contributed by atoms with Gasteiger partial charge >= 0.3 is 5.97 Å². The molecule has 0 radical (unpaired) electrons. The molecule has 0 aromatic heterocycles. The Morgan fingerprint density at radius 3 is 2.43 bits per heavy atom. The number of benzene rings is 3. The number of hydrogen-bond donors (Lipinski definition) is 1.